The lowest BCUT2D eigenvalue weighted by Crippen LogP contribution is -2.46. The summed E-state index contributed by atoms with van der Waals surface area (Å²) in [6, 6.07) is 0. The number of aliphatic hydroxyl groups is 1. The van der Waals surface area contributed by atoms with Gasteiger partial charge < -0.3 is 24.1 Å². The van der Waals surface area contributed by atoms with Gasteiger partial charge in [-0.05, 0) is 96.3 Å². The number of esters is 3. The second-order valence-corrected chi connectivity index (χ2v) is 20.0. The molecule has 0 aromatic carbocycles. The van der Waals surface area contributed by atoms with E-state index in [2.05, 4.69) is 57.2 Å². The van der Waals surface area contributed by atoms with E-state index in [1.807, 2.05) is 0 Å². The molecule has 1 saturated heterocycles. The van der Waals surface area contributed by atoms with Crippen molar-refractivity contribution in [1.82, 2.24) is 0 Å². The number of unbranched alkanes of at least 4 members (excludes halogenated alkanes) is 33. The number of ether oxygens (including phenoxy) is 4. The molecule has 1 aliphatic heterocycles. The monoisotopic (exact) mass is 957 g/mol. The van der Waals surface area contributed by atoms with Crippen LogP contribution in [-0.2, 0) is 33.3 Å². The number of hydrogen-bond donors (Lipinski definition) is 1. The Hall–Kier alpha value is -2.45. The van der Waals surface area contributed by atoms with Crippen molar-refractivity contribution in [3.05, 3.63) is 36.5 Å². The second-order valence-electron chi connectivity index (χ2n) is 20.0. The molecule has 0 unspecified atom stereocenters. The zero-order valence-electron chi connectivity index (χ0n) is 44.7. The van der Waals surface area contributed by atoms with Crippen molar-refractivity contribution < 1.29 is 38.4 Å². The van der Waals surface area contributed by atoms with Gasteiger partial charge in [-0.25, -0.2) is 0 Å². The molecule has 8 nitrogen and oxygen atoms in total. The van der Waals surface area contributed by atoms with E-state index < -0.39 is 36.4 Å². The number of carbonyl (C=O) groups is 3. The number of allylic oxidation sites excluding steroid dienone is 6. The summed E-state index contributed by atoms with van der Waals surface area (Å²) in [5.74, 6) is -1.15. The van der Waals surface area contributed by atoms with Gasteiger partial charge in [0.2, 0.25) is 0 Å². The van der Waals surface area contributed by atoms with Crippen molar-refractivity contribution in [1.29, 1.82) is 0 Å². The first-order chi connectivity index (χ1) is 33.4. The predicted octanol–water partition coefficient (Wildman–Crippen LogP) is 17.2. The maximum absolute atomic E-state index is 13.2. The molecule has 1 aliphatic rings. The molecule has 4 atom stereocenters. The van der Waals surface area contributed by atoms with E-state index in [9.17, 15) is 19.5 Å². The van der Waals surface area contributed by atoms with E-state index in [0.29, 0.717) is 12.8 Å². The average molecular weight is 958 g/mol. The molecular formula is C60H108O8. The smallest absolute Gasteiger partial charge is 0.306 e. The van der Waals surface area contributed by atoms with E-state index in [1.165, 1.54) is 135 Å². The summed E-state index contributed by atoms with van der Waals surface area (Å²) in [5.41, 5.74) is 0. The summed E-state index contributed by atoms with van der Waals surface area (Å²) in [6.45, 7) is 6.51. The molecule has 1 rings (SSSR count). The standard InChI is InChI=1S/C60H108O8/c1-4-7-10-13-16-19-22-25-28-31-34-37-40-43-46-49-56(62)65-53-55(67-57(63)50-47-44-41-38-35-32-29-26-23-20-17-14-11-8-5-2)60-59(54(61)52-66-60)68-58(64)51-48-45-42-39-36-33-30-27-24-21-18-15-12-9-6-3/h25-30,54-55,59-61H,4-24,31-53H2,1-3H3/b28-25-,29-26-,30-27-/t54-,55+,59+,60+/m0/s1. The normalized spacial score (nSPS) is 16.7. The predicted molar refractivity (Wildman–Crippen MR) is 285 cm³/mol. The molecule has 0 aliphatic carbocycles. The summed E-state index contributed by atoms with van der Waals surface area (Å²) in [7, 11) is 0. The fourth-order valence-corrected chi connectivity index (χ4v) is 8.98. The highest BCUT2D eigenvalue weighted by atomic mass is 16.6. The Balaban J connectivity index is 2.50. The number of aliphatic hydroxyl groups excluding tert-OH is 1. The lowest BCUT2D eigenvalue weighted by Gasteiger charge is -2.28. The molecule has 1 N–H and O–H groups in total. The van der Waals surface area contributed by atoms with Gasteiger partial charge in [0, 0.05) is 19.3 Å². The van der Waals surface area contributed by atoms with Crippen molar-refractivity contribution in [2.45, 2.75) is 315 Å². The molecule has 8 heteroatoms. The van der Waals surface area contributed by atoms with E-state index in [0.717, 1.165) is 103 Å². The SMILES string of the molecule is CCCCCCCC/C=C\CCCCCCCC(=O)OC[C@@H](OC(=O)CCCCCCC/C=C\CCCCCCCC)[C@H]1OC[C@H](O)[C@H]1OC(=O)CCCCCCC/C=C\CCCCCCCC. The van der Waals surface area contributed by atoms with E-state index in [4.69, 9.17) is 18.9 Å². The van der Waals surface area contributed by atoms with Crippen LogP contribution < -0.4 is 0 Å². The van der Waals surface area contributed by atoms with Gasteiger partial charge in [-0.1, -0.05) is 211 Å². The number of rotatable bonds is 50. The molecule has 0 spiro atoms. The maximum Gasteiger partial charge on any atom is 0.306 e. The molecule has 1 heterocycles. The third kappa shape index (κ3) is 40.3. The highest BCUT2D eigenvalue weighted by Gasteiger charge is 2.46. The fourth-order valence-electron chi connectivity index (χ4n) is 8.98. The van der Waals surface area contributed by atoms with Gasteiger partial charge in [-0.2, -0.15) is 0 Å². The van der Waals surface area contributed by atoms with Crippen molar-refractivity contribution in [3.8, 4) is 0 Å². The van der Waals surface area contributed by atoms with E-state index in [1.54, 1.807) is 0 Å². The molecule has 396 valence electrons. The largest absolute Gasteiger partial charge is 0.462 e. The molecular weight excluding hydrogens is 849 g/mol. The minimum atomic E-state index is -1.06. The molecule has 0 amide bonds. The minimum absolute atomic E-state index is 0.0544. The van der Waals surface area contributed by atoms with E-state index >= 15 is 0 Å². The van der Waals surface area contributed by atoms with Crippen LogP contribution in [0.1, 0.15) is 290 Å². The Morgan fingerprint density at radius 1 is 0.441 bits per heavy atom. The Labute approximate surface area is 419 Å². The first-order valence-electron chi connectivity index (χ1n) is 29.2. The zero-order chi connectivity index (χ0) is 49.2. The van der Waals surface area contributed by atoms with Crippen LogP contribution in [0.25, 0.3) is 0 Å². The molecule has 0 radical (unpaired) electrons. The van der Waals surface area contributed by atoms with Crippen LogP contribution in [0.2, 0.25) is 0 Å². The summed E-state index contributed by atoms with van der Waals surface area (Å²) in [5, 5.41) is 10.9. The fraction of sp³-hybridized carbons (Fsp3) is 0.850. The lowest BCUT2D eigenvalue weighted by molar-refractivity contribution is -0.177. The molecule has 0 aromatic heterocycles. The average Bonchev–Trinajstić information content (AvgIpc) is 3.69. The van der Waals surface area contributed by atoms with Gasteiger partial charge in [-0.3, -0.25) is 14.4 Å². The van der Waals surface area contributed by atoms with Crippen LogP contribution in [0.5, 0.6) is 0 Å². The highest BCUT2D eigenvalue weighted by Crippen LogP contribution is 2.25. The third-order valence-electron chi connectivity index (χ3n) is 13.4. The Kier molecular flexibility index (Phi) is 46.3. The van der Waals surface area contributed by atoms with Crippen LogP contribution >= 0.6 is 0 Å². The van der Waals surface area contributed by atoms with Crippen LogP contribution in [0.4, 0.5) is 0 Å². The van der Waals surface area contributed by atoms with Crippen LogP contribution in [0, 0.1) is 0 Å². The Morgan fingerprint density at radius 2 is 0.750 bits per heavy atom. The second kappa shape index (κ2) is 49.5. The summed E-state index contributed by atoms with van der Waals surface area (Å²) in [6.07, 6.45) is 56.7. The molecule has 1 fully saturated rings. The third-order valence-corrected chi connectivity index (χ3v) is 13.4. The van der Waals surface area contributed by atoms with Crippen LogP contribution in [-0.4, -0.2) is 60.6 Å². The Bertz CT molecular complexity index is 1230. The van der Waals surface area contributed by atoms with Gasteiger partial charge in [0.05, 0.1) is 6.61 Å². The number of carbonyl (C=O) groups excluding carboxylic acids is 3. The van der Waals surface area contributed by atoms with Gasteiger partial charge >= 0.3 is 17.9 Å². The van der Waals surface area contributed by atoms with E-state index in [-0.39, 0.29) is 38.4 Å². The molecule has 68 heavy (non-hydrogen) atoms. The van der Waals surface area contributed by atoms with Crippen molar-refractivity contribution >= 4 is 17.9 Å². The van der Waals surface area contributed by atoms with Gasteiger partial charge in [-0.15, -0.1) is 0 Å². The topological polar surface area (TPSA) is 108 Å². The van der Waals surface area contributed by atoms with Gasteiger partial charge in [0.25, 0.3) is 0 Å². The molecule has 0 saturated carbocycles. The van der Waals surface area contributed by atoms with Crippen LogP contribution in [0.15, 0.2) is 36.5 Å². The van der Waals surface area contributed by atoms with Gasteiger partial charge in [0.1, 0.15) is 18.8 Å². The zero-order valence-corrected chi connectivity index (χ0v) is 44.7. The van der Waals surface area contributed by atoms with Crippen molar-refractivity contribution in [2.75, 3.05) is 13.2 Å². The number of hydrogen-bond acceptors (Lipinski definition) is 8. The van der Waals surface area contributed by atoms with Crippen LogP contribution in [0.3, 0.4) is 0 Å². The Morgan fingerprint density at radius 3 is 1.12 bits per heavy atom. The summed E-state index contributed by atoms with van der Waals surface area (Å²) in [4.78, 5) is 39.1. The first-order valence-corrected chi connectivity index (χ1v) is 29.2. The van der Waals surface area contributed by atoms with Crippen molar-refractivity contribution in [3.63, 3.8) is 0 Å². The lowest BCUT2D eigenvalue weighted by atomic mass is 10.1. The molecule has 0 bridgehead atoms. The summed E-state index contributed by atoms with van der Waals surface area (Å²) < 4.78 is 23.3. The minimum Gasteiger partial charge on any atom is -0.462 e. The summed E-state index contributed by atoms with van der Waals surface area (Å²) >= 11 is 0. The van der Waals surface area contributed by atoms with Gasteiger partial charge in [0.15, 0.2) is 12.2 Å². The highest BCUT2D eigenvalue weighted by molar-refractivity contribution is 5.71. The maximum atomic E-state index is 13.2. The first kappa shape index (κ1) is 63.6. The van der Waals surface area contributed by atoms with Crippen molar-refractivity contribution in [2.24, 2.45) is 0 Å². The molecule has 0 aromatic rings. The quantitative estimate of drug-likeness (QED) is 0.0278.